The van der Waals surface area contributed by atoms with Crippen molar-refractivity contribution in [2.75, 3.05) is 18.6 Å². The van der Waals surface area contributed by atoms with Gasteiger partial charge in [-0.25, -0.2) is 4.99 Å². The molecule has 0 aliphatic heterocycles. The van der Waals surface area contributed by atoms with E-state index in [-0.39, 0.29) is 24.0 Å². The number of nitrogens with one attached hydrogen (secondary N) is 2. The van der Waals surface area contributed by atoms with Gasteiger partial charge in [0.05, 0.1) is 0 Å². The third-order valence-electron chi connectivity index (χ3n) is 5.08. The van der Waals surface area contributed by atoms with Gasteiger partial charge in [-0.2, -0.15) is 11.8 Å². The van der Waals surface area contributed by atoms with E-state index in [1.807, 2.05) is 30.3 Å². The highest BCUT2D eigenvalue weighted by atomic mass is 127. The third kappa shape index (κ3) is 7.62. The monoisotopic (exact) mass is 494 g/mol. The van der Waals surface area contributed by atoms with Crippen molar-refractivity contribution < 1.29 is 0 Å². The van der Waals surface area contributed by atoms with Crippen molar-refractivity contribution in [3.8, 4) is 0 Å². The van der Waals surface area contributed by atoms with Gasteiger partial charge in [-0.3, -0.25) is 0 Å². The maximum absolute atomic E-state index is 4.78. The van der Waals surface area contributed by atoms with Crippen LogP contribution in [-0.4, -0.2) is 45.3 Å². The van der Waals surface area contributed by atoms with Crippen molar-refractivity contribution in [3.05, 3.63) is 11.6 Å². The summed E-state index contributed by atoms with van der Waals surface area (Å²) in [4.78, 5) is 4.78. The number of rotatable bonds is 8. The molecule has 2 N–H and O–H groups in total. The molecule has 0 radical (unpaired) electrons. The normalized spacial score (nSPS) is 20.5. The van der Waals surface area contributed by atoms with E-state index in [0.29, 0.717) is 12.6 Å². The number of aromatic nitrogens is 3. The number of hydrogen-bond acceptors (Lipinski definition) is 4. The van der Waals surface area contributed by atoms with E-state index in [9.17, 15) is 0 Å². The number of thioether (sulfide) groups is 1. The van der Waals surface area contributed by atoms with Crippen LogP contribution in [0.4, 0.5) is 0 Å². The highest BCUT2D eigenvalue weighted by molar-refractivity contribution is 14.0. The maximum Gasteiger partial charge on any atom is 0.191 e. The number of aliphatic imine (C=N–C) groups is 1. The van der Waals surface area contributed by atoms with Gasteiger partial charge in [0.2, 0.25) is 0 Å². The lowest BCUT2D eigenvalue weighted by Gasteiger charge is -2.30. The molecule has 1 aromatic rings. The summed E-state index contributed by atoms with van der Waals surface area (Å²) in [5.74, 6) is 4.77. The van der Waals surface area contributed by atoms with Crippen LogP contribution in [0.25, 0.3) is 0 Å². The van der Waals surface area contributed by atoms with Crippen LogP contribution in [0.1, 0.15) is 57.1 Å². The predicted molar refractivity (Wildman–Crippen MR) is 122 cm³/mol. The zero-order chi connectivity index (χ0) is 18.1. The Labute approximate surface area is 179 Å². The van der Waals surface area contributed by atoms with Crippen LogP contribution in [0, 0.1) is 12.8 Å². The Morgan fingerprint density at radius 2 is 2.15 bits per heavy atom. The van der Waals surface area contributed by atoms with Gasteiger partial charge in [-0.1, -0.05) is 26.2 Å². The van der Waals surface area contributed by atoms with E-state index < -0.39 is 0 Å². The minimum Gasteiger partial charge on any atom is -0.356 e. The van der Waals surface area contributed by atoms with Gasteiger partial charge in [-0.05, 0) is 44.1 Å². The average Bonchev–Trinajstić information content (AvgIpc) is 2.95. The van der Waals surface area contributed by atoms with Gasteiger partial charge < -0.3 is 15.2 Å². The molecule has 2 atom stereocenters. The first kappa shape index (κ1) is 23.5. The maximum atomic E-state index is 4.78. The van der Waals surface area contributed by atoms with Crippen LogP contribution in [0.15, 0.2) is 4.99 Å². The molecular weight excluding hydrogens is 459 g/mol. The number of nitrogens with zero attached hydrogens (tertiary/aromatic N) is 4. The summed E-state index contributed by atoms with van der Waals surface area (Å²) in [6.07, 6.45) is 9.77. The molecule has 0 aromatic carbocycles. The fourth-order valence-corrected chi connectivity index (χ4v) is 3.73. The van der Waals surface area contributed by atoms with Crippen LogP contribution in [0.3, 0.4) is 0 Å². The van der Waals surface area contributed by atoms with Crippen LogP contribution >= 0.6 is 35.7 Å². The molecule has 1 aliphatic rings. The molecule has 1 saturated carbocycles. The molecule has 8 heteroatoms. The molecule has 0 amide bonds. The van der Waals surface area contributed by atoms with Gasteiger partial charge in [0.25, 0.3) is 0 Å². The highest BCUT2D eigenvalue weighted by Gasteiger charge is 2.21. The van der Waals surface area contributed by atoms with Crippen molar-refractivity contribution in [2.45, 2.75) is 65.0 Å². The summed E-state index contributed by atoms with van der Waals surface area (Å²) < 4.78 is 2.00. The Morgan fingerprint density at radius 3 is 2.81 bits per heavy atom. The van der Waals surface area contributed by atoms with Crippen LogP contribution in [-0.2, 0) is 13.6 Å². The minimum atomic E-state index is 0. The van der Waals surface area contributed by atoms with Crippen molar-refractivity contribution in [1.82, 2.24) is 25.4 Å². The lowest BCUT2D eigenvalue weighted by Crippen LogP contribution is -2.45. The summed E-state index contributed by atoms with van der Waals surface area (Å²) in [5, 5.41) is 15.5. The first-order chi connectivity index (χ1) is 12.1. The lowest BCUT2D eigenvalue weighted by atomic mass is 9.84. The Kier molecular flexibility index (Phi) is 11.6. The van der Waals surface area contributed by atoms with Gasteiger partial charge >= 0.3 is 0 Å². The summed E-state index contributed by atoms with van der Waals surface area (Å²) in [6.45, 7) is 5.78. The van der Waals surface area contributed by atoms with Gasteiger partial charge in [0, 0.05) is 19.6 Å². The standard InChI is InChI=1S/C18H34N6S.HI/c1-5-15-8-6-9-16(12-15)21-18(19-10-7-11-25-4)20-13-17-23-22-14(2)24(17)3;/h15-16H,5-13H2,1-4H3,(H2,19,20,21);1H. The molecule has 2 unspecified atom stereocenters. The van der Waals surface area contributed by atoms with Crippen molar-refractivity contribution in [3.63, 3.8) is 0 Å². The third-order valence-corrected chi connectivity index (χ3v) is 5.78. The number of aryl methyl sites for hydroxylation is 1. The Bertz CT molecular complexity index is 548. The molecule has 0 bridgehead atoms. The molecular formula is C18H35IN6S. The average molecular weight is 494 g/mol. The number of hydrogen-bond donors (Lipinski definition) is 2. The molecule has 1 aliphatic carbocycles. The quantitative estimate of drug-likeness (QED) is 0.251. The van der Waals surface area contributed by atoms with Crippen LogP contribution in [0.2, 0.25) is 0 Å². The molecule has 1 heterocycles. The Morgan fingerprint density at radius 1 is 1.35 bits per heavy atom. The first-order valence-corrected chi connectivity index (χ1v) is 10.9. The highest BCUT2D eigenvalue weighted by Crippen LogP contribution is 2.26. The van der Waals surface area contributed by atoms with E-state index in [0.717, 1.165) is 36.5 Å². The zero-order valence-electron chi connectivity index (χ0n) is 16.6. The first-order valence-electron chi connectivity index (χ1n) is 9.52. The predicted octanol–water partition coefficient (Wildman–Crippen LogP) is 3.50. The van der Waals surface area contributed by atoms with E-state index >= 15 is 0 Å². The molecule has 1 fully saturated rings. The fourth-order valence-electron chi connectivity index (χ4n) is 3.30. The summed E-state index contributed by atoms with van der Waals surface area (Å²) in [5.41, 5.74) is 0. The molecule has 2 rings (SSSR count). The topological polar surface area (TPSA) is 67.1 Å². The smallest absolute Gasteiger partial charge is 0.191 e. The number of guanidine groups is 1. The molecule has 6 nitrogen and oxygen atoms in total. The summed E-state index contributed by atoms with van der Waals surface area (Å²) in [7, 11) is 1.99. The summed E-state index contributed by atoms with van der Waals surface area (Å²) in [6, 6.07) is 0.534. The molecule has 1 aromatic heterocycles. The van der Waals surface area contributed by atoms with E-state index in [2.05, 4.69) is 34.0 Å². The summed E-state index contributed by atoms with van der Waals surface area (Å²) >= 11 is 1.89. The SMILES string of the molecule is CCC1CCCC(NC(=NCc2nnc(C)n2C)NCCCSC)C1.I. The van der Waals surface area contributed by atoms with E-state index in [1.165, 1.54) is 37.9 Å². The minimum absolute atomic E-state index is 0. The molecule has 0 spiro atoms. The second-order valence-electron chi connectivity index (χ2n) is 6.94. The number of halogens is 1. The zero-order valence-corrected chi connectivity index (χ0v) is 19.8. The van der Waals surface area contributed by atoms with Gasteiger partial charge in [-0.15, -0.1) is 34.2 Å². The lowest BCUT2D eigenvalue weighted by molar-refractivity contribution is 0.298. The van der Waals surface area contributed by atoms with Crippen LogP contribution in [0.5, 0.6) is 0 Å². The van der Waals surface area contributed by atoms with E-state index in [1.54, 1.807) is 0 Å². The molecule has 150 valence electrons. The Hall–Kier alpha value is -0.510. The van der Waals surface area contributed by atoms with Gasteiger partial charge in [0.1, 0.15) is 12.4 Å². The second-order valence-corrected chi connectivity index (χ2v) is 7.93. The largest absolute Gasteiger partial charge is 0.356 e. The van der Waals surface area contributed by atoms with Gasteiger partial charge in [0.15, 0.2) is 11.8 Å². The van der Waals surface area contributed by atoms with Crippen molar-refractivity contribution in [1.29, 1.82) is 0 Å². The molecule has 26 heavy (non-hydrogen) atoms. The van der Waals surface area contributed by atoms with E-state index in [4.69, 9.17) is 4.99 Å². The molecule has 0 saturated heterocycles. The Balaban J connectivity index is 0.00000338. The van der Waals surface area contributed by atoms with Crippen molar-refractivity contribution in [2.24, 2.45) is 18.0 Å². The second kappa shape index (κ2) is 12.8. The fraction of sp³-hybridized carbons (Fsp3) is 0.833. The van der Waals surface area contributed by atoms with Crippen molar-refractivity contribution >= 4 is 41.7 Å². The van der Waals surface area contributed by atoms with Crippen LogP contribution < -0.4 is 10.6 Å².